The van der Waals surface area contributed by atoms with Gasteiger partial charge in [0, 0.05) is 23.4 Å². The van der Waals surface area contributed by atoms with Crippen LogP contribution in [-0.4, -0.2) is 28.2 Å². The van der Waals surface area contributed by atoms with Crippen molar-refractivity contribution in [1.82, 2.24) is 10.1 Å². The second-order valence-corrected chi connectivity index (χ2v) is 7.68. The van der Waals surface area contributed by atoms with Crippen molar-refractivity contribution in [2.24, 2.45) is 0 Å². The number of aromatic nitrogens is 1. The second-order valence-electron chi connectivity index (χ2n) is 5.88. The standard InChI is InChI=1S/C15H18ClN3O2S/c1-10-12(9-21-18-10)17-14(20)19-7-3-6-15(19,2)8-11-4-5-13(16)22-11/h4-5,9H,3,6-8H2,1-2H3,(H,17,20)/t15-/m1/s1. The van der Waals surface area contributed by atoms with Crippen molar-refractivity contribution < 1.29 is 9.32 Å². The third-order valence-corrected chi connectivity index (χ3v) is 5.40. The highest BCUT2D eigenvalue weighted by molar-refractivity contribution is 7.16. The molecule has 118 valence electrons. The maximum atomic E-state index is 12.6. The Bertz CT molecular complexity index is 684. The van der Waals surface area contributed by atoms with Crippen molar-refractivity contribution in [1.29, 1.82) is 0 Å². The first-order chi connectivity index (χ1) is 10.5. The predicted octanol–water partition coefficient (Wildman–Crippen LogP) is 4.33. The van der Waals surface area contributed by atoms with E-state index in [0.29, 0.717) is 11.4 Å². The third-order valence-electron chi connectivity index (χ3n) is 4.17. The van der Waals surface area contributed by atoms with Gasteiger partial charge in [0.05, 0.1) is 4.34 Å². The Morgan fingerprint density at radius 3 is 3.05 bits per heavy atom. The summed E-state index contributed by atoms with van der Waals surface area (Å²) in [6.07, 6.45) is 4.27. The number of nitrogens with zero attached hydrogens (tertiary/aromatic N) is 2. The van der Waals surface area contributed by atoms with E-state index in [1.807, 2.05) is 17.0 Å². The highest BCUT2D eigenvalue weighted by Crippen LogP contribution is 2.35. The zero-order valence-electron chi connectivity index (χ0n) is 12.6. The van der Waals surface area contributed by atoms with Gasteiger partial charge in [-0.3, -0.25) is 0 Å². The molecule has 1 atom stereocenters. The third kappa shape index (κ3) is 2.98. The van der Waals surface area contributed by atoms with E-state index in [-0.39, 0.29) is 11.6 Å². The summed E-state index contributed by atoms with van der Waals surface area (Å²) >= 11 is 7.59. The fraction of sp³-hybridized carbons (Fsp3) is 0.467. The maximum absolute atomic E-state index is 12.6. The summed E-state index contributed by atoms with van der Waals surface area (Å²) in [5.41, 5.74) is 1.11. The number of hydrogen-bond acceptors (Lipinski definition) is 4. The molecule has 0 saturated carbocycles. The van der Waals surface area contributed by atoms with Crippen molar-refractivity contribution in [3.8, 4) is 0 Å². The van der Waals surface area contributed by atoms with Crippen LogP contribution in [0.5, 0.6) is 0 Å². The van der Waals surface area contributed by atoms with E-state index in [9.17, 15) is 4.79 Å². The zero-order chi connectivity index (χ0) is 15.7. The molecule has 22 heavy (non-hydrogen) atoms. The van der Waals surface area contributed by atoms with Crippen LogP contribution in [-0.2, 0) is 6.42 Å². The first kappa shape index (κ1) is 15.4. The van der Waals surface area contributed by atoms with Crippen molar-refractivity contribution in [2.75, 3.05) is 11.9 Å². The summed E-state index contributed by atoms with van der Waals surface area (Å²) in [5, 5.41) is 6.67. The number of anilines is 1. The Hall–Kier alpha value is -1.53. The molecule has 1 aliphatic heterocycles. The van der Waals surface area contributed by atoms with Crippen LogP contribution in [0.4, 0.5) is 10.5 Å². The minimum Gasteiger partial charge on any atom is -0.362 e. The minimum atomic E-state index is -0.191. The van der Waals surface area contributed by atoms with Gasteiger partial charge < -0.3 is 14.7 Å². The molecular formula is C15H18ClN3O2S. The van der Waals surface area contributed by atoms with E-state index in [0.717, 1.165) is 30.1 Å². The molecular weight excluding hydrogens is 322 g/mol. The summed E-state index contributed by atoms with van der Waals surface area (Å²) in [6.45, 7) is 4.69. The molecule has 1 fully saturated rings. The zero-order valence-corrected chi connectivity index (χ0v) is 14.1. The van der Waals surface area contributed by atoms with E-state index in [1.165, 1.54) is 11.1 Å². The second kappa shape index (κ2) is 5.93. The highest BCUT2D eigenvalue weighted by Gasteiger charge is 2.40. The van der Waals surface area contributed by atoms with Gasteiger partial charge in [0.15, 0.2) is 0 Å². The quantitative estimate of drug-likeness (QED) is 0.905. The van der Waals surface area contributed by atoms with Crippen LogP contribution in [0.1, 0.15) is 30.3 Å². The van der Waals surface area contributed by atoms with Crippen molar-refractivity contribution in [3.63, 3.8) is 0 Å². The van der Waals surface area contributed by atoms with Crippen molar-refractivity contribution in [2.45, 2.75) is 38.6 Å². The Labute approximate surface area is 138 Å². The van der Waals surface area contributed by atoms with Gasteiger partial charge in [0.25, 0.3) is 0 Å². The fourth-order valence-electron chi connectivity index (χ4n) is 2.97. The number of carbonyl (C=O) groups is 1. The van der Waals surface area contributed by atoms with Gasteiger partial charge in [-0.2, -0.15) is 0 Å². The average Bonchev–Trinajstić information content (AvgIpc) is 3.13. The van der Waals surface area contributed by atoms with Gasteiger partial charge in [-0.15, -0.1) is 11.3 Å². The Morgan fingerprint density at radius 2 is 2.41 bits per heavy atom. The molecule has 3 rings (SSSR count). The van der Waals surface area contributed by atoms with Crippen LogP contribution in [0, 0.1) is 6.92 Å². The van der Waals surface area contributed by atoms with Gasteiger partial charge in [0.2, 0.25) is 0 Å². The van der Waals surface area contributed by atoms with Gasteiger partial charge in [-0.25, -0.2) is 4.79 Å². The Morgan fingerprint density at radius 1 is 1.59 bits per heavy atom. The van der Waals surface area contributed by atoms with E-state index in [1.54, 1.807) is 18.3 Å². The molecule has 1 N–H and O–H groups in total. The molecule has 7 heteroatoms. The number of urea groups is 1. The molecule has 0 spiro atoms. The Balaban J connectivity index is 1.74. The Kier molecular flexibility index (Phi) is 4.14. The first-order valence-electron chi connectivity index (χ1n) is 7.22. The van der Waals surface area contributed by atoms with E-state index in [2.05, 4.69) is 17.4 Å². The van der Waals surface area contributed by atoms with Crippen LogP contribution in [0.2, 0.25) is 4.34 Å². The first-order valence-corrected chi connectivity index (χ1v) is 8.41. The smallest absolute Gasteiger partial charge is 0.322 e. The topological polar surface area (TPSA) is 58.4 Å². The van der Waals surface area contributed by atoms with Gasteiger partial charge >= 0.3 is 6.03 Å². The van der Waals surface area contributed by atoms with Gasteiger partial charge in [-0.1, -0.05) is 16.8 Å². The SMILES string of the molecule is Cc1nocc1NC(=O)N1CCC[C@]1(C)Cc1ccc(Cl)s1. The summed E-state index contributed by atoms with van der Waals surface area (Å²) in [7, 11) is 0. The molecule has 3 heterocycles. The summed E-state index contributed by atoms with van der Waals surface area (Å²) in [4.78, 5) is 15.7. The molecule has 1 aliphatic rings. The molecule has 2 aromatic rings. The molecule has 0 aliphatic carbocycles. The monoisotopic (exact) mass is 339 g/mol. The molecule has 0 bridgehead atoms. The lowest BCUT2D eigenvalue weighted by Crippen LogP contribution is -2.48. The number of hydrogen-bond donors (Lipinski definition) is 1. The van der Waals surface area contributed by atoms with E-state index < -0.39 is 0 Å². The normalized spacial score (nSPS) is 21.3. The van der Waals surface area contributed by atoms with Crippen LogP contribution in [0.25, 0.3) is 0 Å². The van der Waals surface area contributed by atoms with Gasteiger partial charge in [0.1, 0.15) is 17.6 Å². The lowest BCUT2D eigenvalue weighted by molar-refractivity contribution is 0.168. The number of thiophene rings is 1. The van der Waals surface area contributed by atoms with Crippen LogP contribution in [0.15, 0.2) is 22.9 Å². The number of halogens is 1. The number of aryl methyl sites for hydroxylation is 1. The van der Waals surface area contributed by atoms with E-state index in [4.69, 9.17) is 16.1 Å². The molecule has 2 amide bonds. The molecule has 5 nitrogen and oxygen atoms in total. The summed E-state index contributed by atoms with van der Waals surface area (Å²) in [6, 6.07) is 3.84. The number of likely N-dealkylation sites (tertiary alicyclic amines) is 1. The predicted molar refractivity (Wildman–Crippen MR) is 87.6 cm³/mol. The molecule has 2 aromatic heterocycles. The number of carbonyl (C=O) groups excluding carboxylic acids is 1. The van der Waals surface area contributed by atoms with Gasteiger partial charge in [-0.05, 0) is 38.8 Å². The lowest BCUT2D eigenvalue weighted by atomic mass is 9.94. The van der Waals surface area contributed by atoms with Crippen molar-refractivity contribution >= 4 is 34.7 Å². The summed E-state index contributed by atoms with van der Waals surface area (Å²) < 4.78 is 5.65. The minimum absolute atomic E-state index is 0.103. The molecule has 0 radical (unpaired) electrons. The maximum Gasteiger partial charge on any atom is 0.322 e. The highest BCUT2D eigenvalue weighted by atomic mass is 35.5. The average molecular weight is 340 g/mol. The molecule has 0 aromatic carbocycles. The number of nitrogens with one attached hydrogen (secondary N) is 1. The van der Waals surface area contributed by atoms with Crippen LogP contribution >= 0.6 is 22.9 Å². The number of amides is 2. The fourth-order valence-corrected chi connectivity index (χ4v) is 4.24. The molecule has 1 saturated heterocycles. The van der Waals surface area contributed by atoms with Crippen LogP contribution < -0.4 is 5.32 Å². The van der Waals surface area contributed by atoms with Crippen molar-refractivity contribution in [3.05, 3.63) is 33.3 Å². The number of rotatable bonds is 3. The molecule has 0 unspecified atom stereocenters. The lowest BCUT2D eigenvalue weighted by Gasteiger charge is -2.35. The van der Waals surface area contributed by atoms with Crippen LogP contribution in [0.3, 0.4) is 0 Å². The largest absolute Gasteiger partial charge is 0.362 e. The summed E-state index contributed by atoms with van der Waals surface area (Å²) in [5.74, 6) is 0. The van der Waals surface area contributed by atoms with E-state index >= 15 is 0 Å².